The van der Waals surface area contributed by atoms with Crippen molar-refractivity contribution in [2.45, 2.75) is 12.8 Å². The largest absolute Gasteiger partial charge is 0.371 e. The molecule has 0 spiro atoms. The number of carbonyl (C=O) groups excluding carboxylic acids is 1. The van der Waals surface area contributed by atoms with E-state index in [0.717, 1.165) is 24.3 Å². The van der Waals surface area contributed by atoms with Crippen molar-refractivity contribution in [3.63, 3.8) is 0 Å². The van der Waals surface area contributed by atoms with Gasteiger partial charge in [-0.05, 0) is 25.0 Å². The molecule has 1 N–H and O–H groups in total. The van der Waals surface area contributed by atoms with Gasteiger partial charge in [-0.15, -0.1) is 6.58 Å². The molecule has 1 saturated heterocycles. The molecule has 1 aromatic rings. The summed E-state index contributed by atoms with van der Waals surface area (Å²) in [7, 11) is 0. The molecule has 0 saturated carbocycles. The van der Waals surface area contributed by atoms with Gasteiger partial charge in [0.2, 0.25) is 0 Å². The summed E-state index contributed by atoms with van der Waals surface area (Å²) in [5.41, 5.74) is 1.81. The van der Waals surface area contributed by atoms with Crippen molar-refractivity contribution in [2.75, 3.05) is 24.5 Å². The first kappa shape index (κ1) is 11.7. The van der Waals surface area contributed by atoms with Gasteiger partial charge in [0.05, 0.1) is 5.56 Å². The van der Waals surface area contributed by atoms with Crippen LogP contribution in [0.1, 0.15) is 23.2 Å². The van der Waals surface area contributed by atoms with Gasteiger partial charge in [-0.3, -0.25) is 4.79 Å². The van der Waals surface area contributed by atoms with Crippen molar-refractivity contribution in [3.8, 4) is 0 Å². The second kappa shape index (κ2) is 5.53. The molecule has 1 amide bonds. The molecule has 3 nitrogen and oxygen atoms in total. The number of carbonyl (C=O) groups is 1. The van der Waals surface area contributed by atoms with E-state index in [1.54, 1.807) is 6.08 Å². The molecule has 2 rings (SSSR count). The molecule has 0 unspecified atom stereocenters. The van der Waals surface area contributed by atoms with Gasteiger partial charge >= 0.3 is 0 Å². The highest BCUT2D eigenvalue weighted by Crippen LogP contribution is 2.24. The van der Waals surface area contributed by atoms with Crippen molar-refractivity contribution in [1.82, 2.24) is 5.32 Å². The Bertz CT molecular complexity index is 408. The molecule has 1 aliphatic rings. The van der Waals surface area contributed by atoms with E-state index in [4.69, 9.17) is 0 Å². The molecule has 0 atom stereocenters. The SMILES string of the molecule is C=CCNC(=O)c1ccccc1N1CCCC1. The maximum Gasteiger partial charge on any atom is 0.253 e. The average Bonchev–Trinajstić information content (AvgIpc) is 2.89. The molecule has 0 radical (unpaired) electrons. The van der Waals surface area contributed by atoms with E-state index in [9.17, 15) is 4.79 Å². The van der Waals surface area contributed by atoms with Crippen LogP contribution in [0.2, 0.25) is 0 Å². The third-order valence-electron chi connectivity index (χ3n) is 3.00. The monoisotopic (exact) mass is 230 g/mol. The van der Waals surface area contributed by atoms with Gasteiger partial charge in [0.25, 0.3) is 5.91 Å². The first-order valence-corrected chi connectivity index (χ1v) is 6.06. The summed E-state index contributed by atoms with van der Waals surface area (Å²) in [6.45, 7) is 6.20. The first-order valence-electron chi connectivity index (χ1n) is 6.06. The van der Waals surface area contributed by atoms with Gasteiger partial charge in [0, 0.05) is 25.3 Å². The van der Waals surface area contributed by atoms with Crippen LogP contribution in [0.5, 0.6) is 0 Å². The lowest BCUT2D eigenvalue weighted by Crippen LogP contribution is -2.27. The number of nitrogens with one attached hydrogen (secondary N) is 1. The Morgan fingerprint density at radius 3 is 2.76 bits per heavy atom. The molecular weight excluding hydrogens is 212 g/mol. The van der Waals surface area contributed by atoms with Gasteiger partial charge < -0.3 is 10.2 Å². The minimum Gasteiger partial charge on any atom is -0.371 e. The van der Waals surface area contributed by atoms with Crippen molar-refractivity contribution < 1.29 is 4.79 Å². The van der Waals surface area contributed by atoms with Crippen molar-refractivity contribution in [3.05, 3.63) is 42.5 Å². The molecule has 0 aromatic heterocycles. The van der Waals surface area contributed by atoms with Crippen molar-refractivity contribution >= 4 is 11.6 Å². The summed E-state index contributed by atoms with van der Waals surface area (Å²) in [6.07, 6.45) is 4.11. The zero-order valence-electron chi connectivity index (χ0n) is 9.98. The fraction of sp³-hybridized carbons (Fsp3) is 0.357. The fourth-order valence-electron chi connectivity index (χ4n) is 2.16. The number of hydrogen-bond donors (Lipinski definition) is 1. The number of hydrogen-bond acceptors (Lipinski definition) is 2. The van der Waals surface area contributed by atoms with Crippen LogP contribution < -0.4 is 10.2 Å². The summed E-state index contributed by atoms with van der Waals surface area (Å²) in [5.74, 6) is -0.0209. The average molecular weight is 230 g/mol. The summed E-state index contributed by atoms with van der Waals surface area (Å²) < 4.78 is 0. The third kappa shape index (κ3) is 2.67. The van der Waals surface area contributed by atoms with Crippen LogP contribution in [0.15, 0.2) is 36.9 Å². The maximum absolute atomic E-state index is 12.0. The van der Waals surface area contributed by atoms with Crippen LogP contribution in [-0.4, -0.2) is 25.5 Å². The van der Waals surface area contributed by atoms with Crippen LogP contribution in [0.25, 0.3) is 0 Å². The van der Waals surface area contributed by atoms with E-state index in [1.807, 2.05) is 24.3 Å². The number of anilines is 1. The molecule has 1 aromatic carbocycles. The zero-order chi connectivity index (χ0) is 12.1. The molecular formula is C14H18N2O. The van der Waals surface area contributed by atoms with Crippen LogP contribution in [0, 0.1) is 0 Å². The standard InChI is InChI=1S/C14H18N2O/c1-2-9-15-14(17)12-7-3-4-8-13(12)16-10-5-6-11-16/h2-4,7-8H,1,5-6,9-11H2,(H,15,17). The third-order valence-corrected chi connectivity index (χ3v) is 3.00. The Morgan fingerprint density at radius 2 is 2.06 bits per heavy atom. The molecule has 1 aliphatic heterocycles. The number of para-hydroxylation sites is 1. The predicted molar refractivity (Wildman–Crippen MR) is 70.4 cm³/mol. The number of rotatable bonds is 4. The van der Waals surface area contributed by atoms with Crippen LogP contribution >= 0.6 is 0 Å². The van der Waals surface area contributed by atoms with E-state index in [2.05, 4.69) is 16.8 Å². The van der Waals surface area contributed by atoms with Crippen LogP contribution in [-0.2, 0) is 0 Å². The summed E-state index contributed by atoms with van der Waals surface area (Å²) >= 11 is 0. The quantitative estimate of drug-likeness (QED) is 0.804. The van der Waals surface area contributed by atoms with Gasteiger partial charge in [-0.2, -0.15) is 0 Å². The fourth-order valence-corrected chi connectivity index (χ4v) is 2.16. The van der Waals surface area contributed by atoms with E-state index in [1.165, 1.54) is 12.8 Å². The molecule has 0 bridgehead atoms. The van der Waals surface area contributed by atoms with Gasteiger partial charge in [0.1, 0.15) is 0 Å². The maximum atomic E-state index is 12.0. The smallest absolute Gasteiger partial charge is 0.253 e. The van der Waals surface area contributed by atoms with Gasteiger partial charge in [0.15, 0.2) is 0 Å². The molecule has 90 valence electrons. The Labute approximate surface area is 102 Å². The predicted octanol–water partition coefficient (Wildman–Crippen LogP) is 2.20. The number of nitrogens with zero attached hydrogens (tertiary/aromatic N) is 1. The highest BCUT2D eigenvalue weighted by Gasteiger charge is 2.18. The summed E-state index contributed by atoms with van der Waals surface area (Å²) in [5, 5.41) is 2.83. The zero-order valence-corrected chi connectivity index (χ0v) is 9.98. The van der Waals surface area contributed by atoms with Crippen LogP contribution in [0.3, 0.4) is 0 Å². The van der Waals surface area contributed by atoms with Gasteiger partial charge in [-0.25, -0.2) is 0 Å². The second-order valence-corrected chi connectivity index (χ2v) is 4.21. The minimum atomic E-state index is -0.0209. The van der Waals surface area contributed by atoms with E-state index in [-0.39, 0.29) is 5.91 Å². The minimum absolute atomic E-state index is 0.0209. The molecule has 0 aliphatic carbocycles. The first-order chi connectivity index (χ1) is 8.33. The van der Waals surface area contributed by atoms with Crippen molar-refractivity contribution in [2.24, 2.45) is 0 Å². The van der Waals surface area contributed by atoms with Crippen molar-refractivity contribution in [1.29, 1.82) is 0 Å². The highest BCUT2D eigenvalue weighted by atomic mass is 16.1. The van der Waals surface area contributed by atoms with Crippen LogP contribution in [0.4, 0.5) is 5.69 Å². The normalized spacial score (nSPS) is 14.7. The second-order valence-electron chi connectivity index (χ2n) is 4.21. The van der Waals surface area contributed by atoms with E-state index in [0.29, 0.717) is 6.54 Å². The molecule has 1 fully saturated rings. The van der Waals surface area contributed by atoms with Gasteiger partial charge in [-0.1, -0.05) is 18.2 Å². The lowest BCUT2D eigenvalue weighted by molar-refractivity contribution is 0.0958. The lowest BCUT2D eigenvalue weighted by atomic mass is 10.1. The van der Waals surface area contributed by atoms with E-state index >= 15 is 0 Å². The Hall–Kier alpha value is -1.77. The summed E-state index contributed by atoms with van der Waals surface area (Å²) in [6, 6.07) is 7.79. The van der Waals surface area contributed by atoms with E-state index < -0.39 is 0 Å². The lowest BCUT2D eigenvalue weighted by Gasteiger charge is -2.20. The topological polar surface area (TPSA) is 32.3 Å². The Morgan fingerprint density at radius 1 is 1.35 bits per heavy atom. The number of benzene rings is 1. The number of amides is 1. The molecule has 3 heteroatoms. The molecule has 17 heavy (non-hydrogen) atoms. The molecule has 1 heterocycles. The Kier molecular flexibility index (Phi) is 3.81. The Balaban J connectivity index is 2.20. The highest BCUT2D eigenvalue weighted by molar-refractivity contribution is 5.99. The summed E-state index contributed by atoms with van der Waals surface area (Å²) in [4.78, 5) is 14.3.